The first-order valence-corrected chi connectivity index (χ1v) is 10.0. The average Bonchev–Trinajstić information content (AvgIpc) is 3.12. The van der Waals surface area contributed by atoms with Crippen LogP contribution in [0.4, 0.5) is 10.2 Å². The molecule has 6 nitrogen and oxygen atoms in total. The Hall–Kier alpha value is -2.96. The Balaban J connectivity index is 1.69. The lowest BCUT2D eigenvalue weighted by Crippen LogP contribution is -2.38. The van der Waals surface area contributed by atoms with Gasteiger partial charge in [0.05, 0.1) is 18.2 Å². The van der Waals surface area contributed by atoms with E-state index in [0.717, 1.165) is 54.2 Å². The van der Waals surface area contributed by atoms with E-state index >= 15 is 0 Å². The Labute approximate surface area is 169 Å². The number of piperidine rings is 1. The summed E-state index contributed by atoms with van der Waals surface area (Å²) in [5.41, 5.74) is 4.13. The molecule has 1 aliphatic heterocycles. The topological polar surface area (TPSA) is 59.7 Å². The second-order valence-electron chi connectivity index (χ2n) is 7.47. The number of rotatable bonds is 4. The van der Waals surface area contributed by atoms with Crippen LogP contribution in [0.3, 0.4) is 0 Å². The van der Waals surface area contributed by atoms with Gasteiger partial charge in [-0.05, 0) is 45.7 Å². The summed E-state index contributed by atoms with van der Waals surface area (Å²) < 4.78 is 20.7. The summed E-state index contributed by atoms with van der Waals surface area (Å²) in [6.45, 7) is 7.77. The van der Waals surface area contributed by atoms with E-state index in [4.69, 9.17) is 9.84 Å². The van der Waals surface area contributed by atoms with Gasteiger partial charge in [-0.25, -0.2) is 9.37 Å². The molecule has 3 aromatic rings. The summed E-state index contributed by atoms with van der Waals surface area (Å²) in [5, 5.41) is 4.74. The van der Waals surface area contributed by atoms with Gasteiger partial charge in [0.25, 0.3) is 0 Å². The minimum Gasteiger partial charge on any atom is -0.466 e. The van der Waals surface area contributed by atoms with Crippen LogP contribution in [0.2, 0.25) is 0 Å². The number of halogens is 1. The van der Waals surface area contributed by atoms with Crippen LogP contribution < -0.4 is 4.90 Å². The fraction of sp³-hybridized carbons (Fsp3) is 0.409. The number of anilines is 1. The standard InChI is InChI=1S/C22H25FN4O2/c1-4-29-22(28)16-8-10-26(11-9-16)21-14(2)15(3)24-20-13-19(25-27(20)21)17-6-5-7-18(23)12-17/h5-7,12-13,16H,4,8-11H2,1-3H3. The quantitative estimate of drug-likeness (QED) is 0.626. The summed E-state index contributed by atoms with van der Waals surface area (Å²) in [7, 11) is 0. The van der Waals surface area contributed by atoms with Crippen LogP contribution in [0.15, 0.2) is 30.3 Å². The third-order valence-electron chi connectivity index (χ3n) is 5.59. The Morgan fingerprint density at radius 1 is 1.24 bits per heavy atom. The predicted octanol–water partition coefficient (Wildman–Crippen LogP) is 3.93. The van der Waals surface area contributed by atoms with Gasteiger partial charge in [0.15, 0.2) is 5.65 Å². The molecule has 7 heteroatoms. The highest BCUT2D eigenvalue weighted by molar-refractivity contribution is 5.73. The minimum atomic E-state index is -0.291. The number of carbonyl (C=O) groups is 1. The molecule has 1 fully saturated rings. The number of benzene rings is 1. The lowest BCUT2D eigenvalue weighted by atomic mass is 9.96. The lowest BCUT2D eigenvalue weighted by molar-refractivity contribution is -0.148. The third kappa shape index (κ3) is 3.69. The van der Waals surface area contributed by atoms with Gasteiger partial charge in [0.2, 0.25) is 0 Å². The highest BCUT2D eigenvalue weighted by Crippen LogP contribution is 2.30. The summed E-state index contributed by atoms with van der Waals surface area (Å²) in [4.78, 5) is 19.0. The van der Waals surface area contributed by atoms with E-state index in [1.165, 1.54) is 12.1 Å². The molecule has 0 N–H and O–H groups in total. The van der Waals surface area contributed by atoms with Gasteiger partial charge < -0.3 is 9.64 Å². The van der Waals surface area contributed by atoms with Gasteiger partial charge in [0, 0.05) is 36.0 Å². The molecule has 0 atom stereocenters. The van der Waals surface area contributed by atoms with Gasteiger partial charge >= 0.3 is 5.97 Å². The van der Waals surface area contributed by atoms with E-state index < -0.39 is 0 Å². The number of hydrogen-bond acceptors (Lipinski definition) is 5. The molecule has 0 amide bonds. The first-order chi connectivity index (χ1) is 14.0. The van der Waals surface area contributed by atoms with Crippen LogP contribution >= 0.6 is 0 Å². The van der Waals surface area contributed by atoms with Gasteiger partial charge in [0.1, 0.15) is 11.6 Å². The van der Waals surface area contributed by atoms with Crippen molar-refractivity contribution in [1.82, 2.24) is 14.6 Å². The van der Waals surface area contributed by atoms with E-state index in [2.05, 4.69) is 9.88 Å². The maximum atomic E-state index is 13.7. The van der Waals surface area contributed by atoms with E-state index in [1.54, 1.807) is 6.07 Å². The molecule has 1 saturated heterocycles. The number of aryl methyl sites for hydroxylation is 1. The summed E-state index contributed by atoms with van der Waals surface area (Å²) in [5.74, 6) is 0.538. The molecule has 0 aliphatic carbocycles. The maximum absolute atomic E-state index is 13.7. The van der Waals surface area contributed by atoms with Crippen molar-refractivity contribution < 1.29 is 13.9 Å². The molecule has 29 heavy (non-hydrogen) atoms. The van der Waals surface area contributed by atoms with Crippen molar-refractivity contribution in [2.24, 2.45) is 5.92 Å². The first kappa shape index (κ1) is 19.4. The Morgan fingerprint density at radius 3 is 2.69 bits per heavy atom. The second kappa shape index (κ2) is 7.81. The smallest absolute Gasteiger partial charge is 0.309 e. The number of aromatic nitrogens is 3. The van der Waals surface area contributed by atoms with Crippen molar-refractivity contribution in [3.8, 4) is 11.3 Å². The molecule has 2 aromatic heterocycles. The molecule has 3 heterocycles. The third-order valence-corrected chi connectivity index (χ3v) is 5.59. The van der Waals surface area contributed by atoms with Crippen molar-refractivity contribution >= 4 is 17.4 Å². The predicted molar refractivity (Wildman–Crippen MR) is 109 cm³/mol. The lowest BCUT2D eigenvalue weighted by Gasteiger charge is -2.33. The Bertz CT molecular complexity index is 1050. The van der Waals surface area contributed by atoms with Gasteiger partial charge in [-0.3, -0.25) is 4.79 Å². The van der Waals surface area contributed by atoms with Crippen LogP contribution in [-0.2, 0) is 9.53 Å². The Morgan fingerprint density at radius 2 is 2.00 bits per heavy atom. The van der Waals surface area contributed by atoms with Crippen molar-refractivity contribution in [3.63, 3.8) is 0 Å². The number of nitrogens with zero attached hydrogens (tertiary/aromatic N) is 4. The van der Waals surface area contributed by atoms with Crippen molar-refractivity contribution in [2.45, 2.75) is 33.6 Å². The molecule has 1 aromatic carbocycles. The molecule has 0 bridgehead atoms. The molecule has 0 spiro atoms. The number of ether oxygens (including phenoxy) is 1. The fourth-order valence-electron chi connectivity index (χ4n) is 3.93. The van der Waals surface area contributed by atoms with Crippen LogP contribution in [-0.4, -0.2) is 40.3 Å². The largest absolute Gasteiger partial charge is 0.466 e. The fourth-order valence-corrected chi connectivity index (χ4v) is 3.93. The summed E-state index contributed by atoms with van der Waals surface area (Å²) in [6, 6.07) is 8.31. The number of esters is 1. The number of fused-ring (bicyclic) bond motifs is 1. The minimum absolute atomic E-state index is 0.0505. The highest BCUT2D eigenvalue weighted by atomic mass is 19.1. The molecule has 4 rings (SSSR count). The average molecular weight is 396 g/mol. The van der Waals surface area contributed by atoms with Crippen LogP contribution in [0.1, 0.15) is 31.0 Å². The zero-order chi connectivity index (χ0) is 20.5. The molecule has 0 unspecified atom stereocenters. The molecular weight excluding hydrogens is 371 g/mol. The molecular formula is C22H25FN4O2. The van der Waals surface area contributed by atoms with Crippen LogP contribution in [0.25, 0.3) is 16.9 Å². The second-order valence-corrected chi connectivity index (χ2v) is 7.47. The summed E-state index contributed by atoms with van der Waals surface area (Å²) in [6.07, 6.45) is 1.50. The molecule has 152 valence electrons. The van der Waals surface area contributed by atoms with Crippen molar-refractivity contribution in [3.05, 3.63) is 47.4 Å². The van der Waals surface area contributed by atoms with Gasteiger partial charge in [-0.15, -0.1) is 0 Å². The monoisotopic (exact) mass is 396 g/mol. The SMILES string of the molecule is CCOC(=O)C1CCN(c2c(C)c(C)nc3cc(-c4cccc(F)c4)nn23)CC1. The van der Waals surface area contributed by atoms with Crippen LogP contribution in [0, 0.1) is 25.6 Å². The zero-order valence-electron chi connectivity index (χ0n) is 17.0. The van der Waals surface area contributed by atoms with E-state index in [9.17, 15) is 9.18 Å². The van der Waals surface area contributed by atoms with Crippen molar-refractivity contribution in [2.75, 3.05) is 24.6 Å². The normalized spacial score (nSPS) is 15.1. The number of carbonyl (C=O) groups excluding carboxylic acids is 1. The maximum Gasteiger partial charge on any atom is 0.309 e. The first-order valence-electron chi connectivity index (χ1n) is 10.0. The summed E-state index contributed by atoms with van der Waals surface area (Å²) >= 11 is 0. The highest BCUT2D eigenvalue weighted by Gasteiger charge is 2.28. The molecule has 0 saturated carbocycles. The zero-order valence-corrected chi connectivity index (χ0v) is 17.0. The molecule has 1 aliphatic rings. The van der Waals surface area contributed by atoms with Crippen molar-refractivity contribution in [1.29, 1.82) is 0 Å². The Kier molecular flexibility index (Phi) is 5.22. The van der Waals surface area contributed by atoms with E-state index in [1.807, 2.05) is 37.4 Å². The van der Waals surface area contributed by atoms with Gasteiger partial charge in [-0.2, -0.15) is 9.61 Å². The van der Waals surface area contributed by atoms with E-state index in [-0.39, 0.29) is 17.7 Å². The van der Waals surface area contributed by atoms with Crippen LogP contribution in [0.5, 0.6) is 0 Å². The number of hydrogen-bond donors (Lipinski definition) is 0. The van der Waals surface area contributed by atoms with E-state index in [0.29, 0.717) is 12.3 Å². The van der Waals surface area contributed by atoms with Gasteiger partial charge in [-0.1, -0.05) is 12.1 Å². The molecule has 0 radical (unpaired) electrons.